The number of amides is 1. The number of fused-ring (bicyclic) bond motifs is 1. The fourth-order valence-electron chi connectivity index (χ4n) is 3.47. The van der Waals surface area contributed by atoms with E-state index in [2.05, 4.69) is 15.6 Å². The third-order valence-electron chi connectivity index (χ3n) is 4.56. The van der Waals surface area contributed by atoms with Crippen LogP contribution in [0.3, 0.4) is 0 Å². The van der Waals surface area contributed by atoms with Gasteiger partial charge in [0, 0.05) is 18.4 Å². The first-order valence-electron chi connectivity index (χ1n) is 7.49. The van der Waals surface area contributed by atoms with Crippen molar-refractivity contribution in [2.75, 3.05) is 0 Å². The number of rotatable bonds is 4. The second-order valence-corrected chi connectivity index (χ2v) is 5.85. The van der Waals surface area contributed by atoms with E-state index in [-0.39, 0.29) is 24.3 Å². The molecule has 0 spiro atoms. The van der Waals surface area contributed by atoms with Crippen molar-refractivity contribution >= 4 is 5.91 Å². The van der Waals surface area contributed by atoms with E-state index in [9.17, 15) is 13.6 Å². The van der Waals surface area contributed by atoms with E-state index < -0.39 is 6.55 Å². The first-order valence-corrected chi connectivity index (χ1v) is 7.49. The van der Waals surface area contributed by atoms with E-state index >= 15 is 0 Å². The Morgan fingerprint density at radius 2 is 2.29 bits per heavy atom. The Morgan fingerprint density at radius 1 is 1.48 bits per heavy atom. The van der Waals surface area contributed by atoms with Crippen molar-refractivity contribution in [3.8, 4) is 0 Å². The highest BCUT2D eigenvalue weighted by Crippen LogP contribution is 2.33. The van der Waals surface area contributed by atoms with Crippen molar-refractivity contribution in [2.24, 2.45) is 5.92 Å². The predicted octanol–water partition coefficient (Wildman–Crippen LogP) is 1.82. The fourth-order valence-corrected chi connectivity index (χ4v) is 3.47. The average molecular weight is 298 g/mol. The molecule has 3 rings (SSSR count). The Morgan fingerprint density at radius 3 is 3.05 bits per heavy atom. The largest absolute Gasteiger partial charge is 0.348 e. The van der Waals surface area contributed by atoms with Gasteiger partial charge in [-0.25, -0.2) is 4.98 Å². The maximum Gasteiger partial charge on any atom is 0.319 e. The lowest BCUT2D eigenvalue weighted by atomic mass is 9.85. The van der Waals surface area contributed by atoms with Gasteiger partial charge in [-0.05, 0) is 25.2 Å². The summed E-state index contributed by atoms with van der Waals surface area (Å²) >= 11 is 0. The highest BCUT2D eigenvalue weighted by atomic mass is 19.3. The van der Waals surface area contributed by atoms with E-state index in [0.717, 1.165) is 17.4 Å². The molecule has 2 N–H and O–H groups in total. The van der Waals surface area contributed by atoms with Crippen LogP contribution in [0.15, 0.2) is 12.4 Å². The zero-order valence-corrected chi connectivity index (χ0v) is 11.8. The highest BCUT2D eigenvalue weighted by Gasteiger charge is 2.38. The van der Waals surface area contributed by atoms with Crippen LogP contribution in [0.2, 0.25) is 0 Å². The summed E-state index contributed by atoms with van der Waals surface area (Å²) < 4.78 is 26.1. The zero-order valence-electron chi connectivity index (χ0n) is 11.8. The Balaban J connectivity index is 1.54. The molecule has 1 aliphatic heterocycles. The summed E-state index contributed by atoms with van der Waals surface area (Å²) in [5.74, 6) is 0.638. The summed E-state index contributed by atoms with van der Waals surface area (Å²) in [5.41, 5.74) is 0. The molecule has 7 heteroatoms. The van der Waals surface area contributed by atoms with Crippen molar-refractivity contribution in [1.29, 1.82) is 0 Å². The van der Waals surface area contributed by atoms with E-state index in [0.29, 0.717) is 12.0 Å². The van der Waals surface area contributed by atoms with Gasteiger partial charge < -0.3 is 10.6 Å². The Kier molecular flexibility index (Phi) is 4.19. The molecule has 1 aromatic heterocycles. The topological polar surface area (TPSA) is 59.0 Å². The van der Waals surface area contributed by atoms with Gasteiger partial charge in [0.05, 0.1) is 12.6 Å². The number of hydrogen-bond acceptors (Lipinski definition) is 3. The highest BCUT2D eigenvalue weighted by molar-refractivity contribution is 5.82. The summed E-state index contributed by atoms with van der Waals surface area (Å²) in [6.07, 6.45) is 8.14. The van der Waals surface area contributed by atoms with Crippen LogP contribution in [0.5, 0.6) is 0 Å². The van der Waals surface area contributed by atoms with Gasteiger partial charge in [0.1, 0.15) is 5.82 Å². The third-order valence-corrected chi connectivity index (χ3v) is 4.56. The van der Waals surface area contributed by atoms with Gasteiger partial charge in [-0.2, -0.15) is 8.78 Å². The molecular formula is C14H20F2N4O. The van der Waals surface area contributed by atoms with E-state index in [1.807, 2.05) is 0 Å². The van der Waals surface area contributed by atoms with Gasteiger partial charge in [-0.1, -0.05) is 12.8 Å². The lowest BCUT2D eigenvalue weighted by Gasteiger charge is -2.24. The summed E-state index contributed by atoms with van der Waals surface area (Å²) in [6, 6.07) is 0.241. The van der Waals surface area contributed by atoms with Gasteiger partial charge in [0.25, 0.3) is 0 Å². The molecule has 1 aromatic rings. The summed E-state index contributed by atoms with van der Waals surface area (Å²) in [4.78, 5) is 16.0. The van der Waals surface area contributed by atoms with Crippen LogP contribution in [0, 0.1) is 5.92 Å². The molecular weight excluding hydrogens is 278 g/mol. The predicted molar refractivity (Wildman–Crippen MR) is 72.6 cm³/mol. The minimum absolute atomic E-state index is 0.0314. The Labute approximate surface area is 122 Å². The average Bonchev–Trinajstić information content (AvgIpc) is 3.10. The molecule has 21 heavy (non-hydrogen) atoms. The SMILES string of the molecule is O=C(NCc1nccn1C(F)F)C1CC2CCCCC2N1. The lowest BCUT2D eigenvalue weighted by Crippen LogP contribution is -2.43. The normalized spacial score (nSPS) is 28.6. The molecule has 1 saturated carbocycles. The van der Waals surface area contributed by atoms with Gasteiger partial charge >= 0.3 is 6.55 Å². The second kappa shape index (κ2) is 6.09. The molecule has 0 aromatic carbocycles. The van der Waals surface area contributed by atoms with Crippen molar-refractivity contribution in [1.82, 2.24) is 20.2 Å². The second-order valence-electron chi connectivity index (χ2n) is 5.85. The molecule has 2 fully saturated rings. The molecule has 0 bridgehead atoms. The van der Waals surface area contributed by atoms with Gasteiger partial charge in [0.15, 0.2) is 0 Å². The summed E-state index contributed by atoms with van der Waals surface area (Å²) in [6.45, 7) is -2.60. The molecule has 2 aliphatic rings. The van der Waals surface area contributed by atoms with E-state index in [4.69, 9.17) is 0 Å². The Hall–Kier alpha value is -1.50. The quantitative estimate of drug-likeness (QED) is 0.891. The minimum atomic E-state index is -2.63. The molecule has 5 nitrogen and oxygen atoms in total. The van der Waals surface area contributed by atoms with Crippen LogP contribution < -0.4 is 10.6 Å². The molecule has 1 aliphatic carbocycles. The summed E-state index contributed by atoms with van der Waals surface area (Å²) in [5, 5.41) is 6.09. The van der Waals surface area contributed by atoms with Crippen LogP contribution in [0.25, 0.3) is 0 Å². The molecule has 3 unspecified atom stereocenters. The van der Waals surface area contributed by atoms with Crippen molar-refractivity contribution in [3.63, 3.8) is 0 Å². The van der Waals surface area contributed by atoms with Crippen molar-refractivity contribution < 1.29 is 13.6 Å². The number of nitrogens with one attached hydrogen (secondary N) is 2. The van der Waals surface area contributed by atoms with Gasteiger partial charge in [-0.3, -0.25) is 9.36 Å². The fraction of sp³-hybridized carbons (Fsp3) is 0.714. The first-order chi connectivity index (χ1) is 10.1. The minimum Gasteiger partial charge on any atom is -0.348 e. The molecule has 1 saturated heterocycles. The van der Waals surface area contributed by atoms with Crippen LogP contribution in [-0.4, -0.2) is 27.5 Å². The first kappa shape index (κ1) is 14.4. The number of carbonyl (C=O) groups is 1. The number of nitrogens with zero attached hydrogens (tertiary/aromatic N) is 2. The lowest BCUT2D eigenvalue weighted by molar-refractivity contribution is -0.123. The number of hydrogen-bond donors (Lipinski definition) is 2. The van der Waals surface area contributed by atoms with E-state index in [1.165, 1.54) is 31.7 Å². The maximum atomic E-state index is 12.7. The van der Waals surface area contributed by atoms with Crippen molar-refractivity contribution in [3.05, 3.63) is 18.2 Å². The molecule has 1 amide bonds. The van der Waals surface area contributed by atoms with Crippen LogP contribution in [-0.2, 0) is 11.3 Å². The molecule has 2 heterocycles. The Bertz CT molecular complexity index is 491. The standard InChI is InChI=1S/C14H20F2N4O/c15-14(16)20-6-5-17-12(20)8-18-13(21)11-7-9-3-1-2-4-10(9)19-11/h5-6,9-11,14,19H,1-4,7-8H2,(H,18,21). The number of alkyl halides is 2. The number of carbonyl (C=O) groups excluding carboxylic acids is 1. The van der Waals surface area contributed by atoms with Crippen LogP contribution in [0.1, 0.15) is 44.5 Å². The van der Waals surface area contributed by atoms with Gasteiger partial charge in [0.2, 0.25) is 5.91 Å². The number of imidazole rings is 1. The maximum absolute atomic E-state index is 12.7. The monoisotopic (exact) mass is 298 g/mol. The smallest absolute Gasteiger partial charge is 0.319 e. The molecule has 3 atom stereocenters. The number of halogens is 2. The van der Waals surface area contributed by atoms with Crippen LogP contribution in [0.4, 0.5) is 8.78 Å². The van der Waals surface area contributed by atoms with E-state index in [1.54, 1.807) is 0 Å². The molecule has 0 radical (unpaired) electrons. The van der Waals surface area contributed by atoms with Gasteiger partial charge in [-0.15, -0.1) is 0 Å². The summed E-state index contributed by atoms with van der Waals surface area (Å²) in [7, 11) is 0. The van der Waals surface area contributed by atoms with Crippen molar-refractivity contribution in [2.45, 2.75) is 57.3 Å². The molecule has 116 valence electrons. The van der Waals surface area contributed by atoms with Crippen LogP contribution >= 0.6 is 0 Å². The zero-order chi connectivity index (χ0) is 14.8. The number of aromatic nitrogens is 2. The third kappa shape index (κ3) is 3.07.